The predicted octanol–water partition coefficient (Wildman–Crippen LogP) is 3.72. The first-order valence-corrected chi connectivity index (χ1v) is 9.19. The Bertz CT molecular complexity index is 428. The highest BCUT2D eigenvalue weighted by atomic mass is 16.6. The molecule has 0 bridgehead atoms. The molecule has 0 atom stereocenters. The number of ether oxygens (including phenoxy) is 3. The minimum atomic E-state index is -0.761. The maximum atomic E-state index is 11.7. The Balaban J connectivity index is 3.91. The summed E-state index contributed by atoms with van der Waals surface area (Å²) in [4.78, 5) is 34.7. The third-order valence-corrected chi connectivity index (χ3v) is 3.48. The molecule has 0 amide bonds. The van der Waals surface area contributed by atoms with Gasteiger partial charge in [-0.25, -0.2) is 14.4 Å². The first kappa shape index (κ1) is 23.1. The Morgan fingerprint density at radius 3 is 1.88 bits per heavy atom. The monoisotopic (exact) mass is 356 g/mol. The largest absolute Gasteiger partial charge is 0.463 e. The Labute approximate surface area is 150 Å². The molecule has 0 heterocycles. The quantitative estimate of drug-likeness (QED) is 0.204. The lowest BCUT2D eigenvalue weighted by Gasteiger charge is -2.06. The zero-order valence-electron chi connectivity index (χ0n) is 15.8. The molecule has 0 unspecified atom stereocenters. The van der Waals surface area contributed by atoms with Crippen LogP contribution in [0.1, 0.15) is 72.1 Å². The van der Waals surface area contributed by atoms with Crippen LogP contribution < -0.4 is 0 Å². The molecule has 0 saturated carbocycles. The number of unbranched alkanes of at least 4 members (excludes halogenated alkanes) is 6. The van der Waals surface area contributed by atoms with Crippen LogP contribution in [0.2, 0.25) is 0 Å². The van der Waals surface area contributed by atoms with Crippen molar-refractivity contribution < 1.29 is 28.6 Å². The standard InChI is InChI=1S/C19H32O6/c1-4-6-8-10-12-23-18(21)15-25-17(20)14-16(3)19(22)24-13-11-9-7-5-2/h14H,4-13,15H2,1-3H3/b16-14-. The second kappa shape index (κ2) is 15.7. The minimum Gasteiger partial charge on any atom is -0.463 e. The van der Waals surface area contributed by atoms with E-state index in [-0.39, 0.29) is 5.57 Å². The van der Waals surface area contributed by atoms with Crippen LogP contribution in [0, 0.1) is 0 Å². The van der Waals surface area contributed by atoms with Crippen LogP contribution in [0.4, 0.5) is 0 Å². The van der Waals surface area contributed by atoms with Crippen molar-refractivity contribution in [2.24, 2.45) is 0 Å². The van der Waals surface area contributed by atoms with Gasteiger partial charge in [0.15, 0.2) is 6.61 Å². The lowest BCUT2D eigenvalue weighted by molar-refractivity contribution is -0.156. The lowest BCUT2D eigenvalue weighted by Crippen LogP contribution is -2.17. The molecule has 0 aliphatic carbocycles. The number of hydrogen-bond acceptors (Lipinski definition) is 6. The number of carbonyl (C=O) groups excluding carboxylic acids is 3. The van der Waals surface area contributed by atoms with Gasteiger partial charge in [0, 0.05) is 11.6 Å². The van der Waals surface area contributed by atoms with Crippen LogP contribution in [-0.2, 0) is 28.6 Å². The molecule has 6 heteroatoms. The molecule has 0 aromatic carbocycles. The van der Waals surface area contributed by atoms with E-state index in [1.54, 1.807) is 0 Å². The van der Waals surface area contributed by atoms with E-state index in [4.69, 9.17) is 14.2 Å². The van der Waals surface area contributed by atoms with Gasteiger partial charge >= 0.3 is 17.9 Å². The maximum absolute atomic E-state index is 11.7. The summed E-state index contributed by atoms with van der Waals surface area (Å²) in [7, 11) is 0. The van der Waals surface area contributed by atoms with Crippen LogP contribution in [0.3, 0.4) is 0 Å². The Kier molecular flexibility index (Phi) is 14.5. The van der Waals surface area contributed by atoms with Crippen molar-refractivity contribution in [1.82, 2.24) is 0 Å². The maximum Gasteiger partial charge on any atom is 0.344 e. The minimum absolute atomic E-state index is 0.147. The molecule has 0 rings (SSSR count). The molecule has 0 N–H and O–H groups in total. The highest BCUT2D eigenvalue weighted by Crippen LogP contribution is 2.03. The van der Waals surface area contributed by atoms with Crippen molar-refractivity contribution in [3.8, 4) is 0 Å². The second-order valence-corrected chi connectivity index (χ2v) is 5.91. The lowest BCUT2D eigenvalue weighted by atomic mass is 10.2. The number of hydrogen-bond donors (Lipinski definition) is 0. The summed E-state index contributed by atoms with van der Waals surface area (Å²) >= 11 is 0. The van der Waals surface area contributed by atoms with Gasteiger partial charge in [0.25, 0.3) is 0 Å². The van der Waals surface area contributed by atoms with E-state index < -0.39 is 24.5 Å². The third-order valence-electron chi connectivity index (χ3n) is 3.48. The number of carbonyl (C=O) groups is 3. The molecule has 0 aliphatic heterocycles. The molecule has 6 nitrogen and oxygen atoms in total. The fraction of sp³-hybridized carbons (Fsp3) is 0.737. The van der Waals surface area contributed by atoms with Crippen molar-refractivity contribution in [2.45, 2.75) is 72.1 Å². The molecule has 0 fully saturated rings. The summed E-state index contributed by atoms with van der Waals surface area (Å²) in [6.45, 7) is 5.89. The van der Waals surface area contributed by atoms with Crippen LogP contribution >= 0.6 is 0 Å². The molecular weight excluding hydrogens is 324 g/mol. The Morgan fingerprint density at radius 2 is 1.32 bits per heavy atom. The fourth-order valence-corrected chi connectivity index (χ4v) is 1.97. The van der Waals surface area contributed by atoms with E-state index in [2.05, 4.69) is 13.8 Å². The van der Waals surface area contributed by atoms with Crippen molar-refractivity contribution in [2.75, 3.05) is 19.8 Å². The van der Waals surface area contributed by atoms with Crippen LogP contribution in [0.15, 0.2) is 11.6 Å². The zero-order chi connectivity index (χ0) is 18.9. The molecule has 25 heavy (non-hydrogen) atoms. The SMILES string of the molecule is CCCCCCOC(=O)COC(=O)/C=C(/C)C(=O)OCCCCCC. The van der Waals surface area contributed by atoms with Crippen molar-refractivity contribution >= 4 is 17.9 Å². The second-order valence-electron chi connectivity index (χ2n) is 5.91. The van der Waals surface area contributed by atoms with Crippen LogP contribution in [0.5, 0.6) is 0 Å². The zero-order valence-corrected chi connectivity index (χ0v) is 15.8. The first-order valence-electron chi connectivity index (χ1n) is 9.19. The van der Waals surface area contributed by atoms with Gasteiger partial charge in [-0.1, -0.05) is 52.4 Å². The summed E-state index contributed by atoms with van der Waals surface area (Å²) in [6, 6.07) is 0. The normalized spacial score (nSPS) is 11.1. The molecule has 0 spiro atoms. The van der Waals surface area contributed by atoms with E-state index in [1.165, 1.54) is 6.92 Å². The molecule has 0 aromatic rings. The van der Waals surface area contributed by atoms with Gasteiger partial charge in [0.05, 0.1) is 13.2 Å². The number of esters is 3. The van der Waals surface area contributed by atoms with E-state index in [9.17, 15) is 14.4 Å². The van der Waals surface area contributed by atoms with E-state index >= 15 is 0 Å². The summed E-state index contributed by atoms with van der Waals surface area (Å²) in [5, 5.41) is 0. The van der Waals surface area contributed by atoms with Gasteiger partial charge in [-0.05, 0) is 19.8 Å². The summed E-state index contributed by atoms with van der Waals surface area (Å²) in [5.74, 6) is -1.90. The molecule has 144 valence electrons. The average molecular weight is 356 g/mol. The van der Waals surface area contributed by atoms with Crippen molar-refractivity contribution in [1.29, 1.82) is 0 Å². The average Bonchev–Trinajstić information content (AvgIpc) is 2.59. The summed E-state index contributed by atoms with van der Waals surface area (Å²) in [6.07, 6.45) is 9.08. The molecule has 0 radical (unpaired) electrons. The van der Waals surface area contributed by atoms with Gasteiger partial charge in [-0.2, -0.15) is 0 Å². The first-order chi connectivity index (χ1) is 12.0. The molecule has 0 aromatic heterocycles. The van der Waals surface area contributed by atoms with Crippen molar-refractivity contribution in [3.05, 3.63) is 11.6 Å². The topological polar surface area (TPSA) is 78.9 Å². The summed E-state index contributed by atoms with van der Waals surface area (Å²) < 4.78 is 14.8. The highest BCUT2D eigenvalue weighted by Gasteiger charge is 2.11. The predicted molar refractivity (Wildman–Crippen MR) is 94.9 cm³/mol. The highest BCUT2D eigenvalue weighted by molar-refractivity contribution is 5.96. The molecular formula is C19H32O6. The Hall–Kier alpha value is -1.85. The van der Waals surface area contributed by atoms with E-state index in [1.807, 2.05) is 0 Å². The Morgan fingerprint density at radius 1 is 0.760 bits per heavy atom. The number of rotatable bonds is 14. The molecule has 0 saturated heterocycles. The van der Waals surface area contributed by atoms with Gasteiger partial charge in [-0.3, -0.25) is 0 Å². The van der Waals surface area contributed by atoms with Gasteiger partial charge in [0.2, 0.25) is 0 Å². The van der Waals surface area contributed by atoms with E-state index in [0.717, 1.165) is 57.4 Å². The fourth-order valence-electron chi connectivity index (χ4n) is 1.97. The van der Waals surface area contributed by atoms with Crippen molar-refractivity contribution in [3.63, 3.8) is 0 Å². The van der Waals surface area contributed by atoms with E-state index in [0.29, 0.717) is 13.2 Å². The third kappa shape index (κ3) is 14.2. The molecule has 0 aliphatic rings. The smallest absolute Gasteiger partial charge is 0.344 e. The van der Waals surface area contributed by atoms with Gasteiger partial charge in [-0.15, -0.1) is 0 Å². The summed E-state index contributed by atoms with van der Waals surface area (Å²) in [5.41, 5.74) is 0.147. The van der Waals surface area contributed by atoms with Gasteiger partial charge < -0.3 is 14.2 Å². The van der Waals surface area contributed by atoms with Crippen LogP contribution in [0.25, 0.3) is 0 Å². The van der Waals surface area contributed by atoms with Gasteiger partial charge in [0.1, 0.15) is 0 Å². The van der Waals surface area contributed by atoms with Crippen LogP contribution in [-0.4, -0.2) is 37.7 Å².